The number of aliphatic carboxylic acids is 1. The molecule has 1 aliphatic carbocycles. The fraction of sp³-hybridized carbons (Fsp3) is 0.353. The van der Waals surface area contributed by atoms with Crippen LogP contribution in [0.15, 0.2) is 24.3 Å². The van der Waals surface area contributed by atoms with Crippen LogP contribution in [0.25, 0.3) is 11.3 Å². The zero-order chi connectivity index (χ0) is 16.8. The Kier molecular flexibility index (Phi) is 3.37. The van der Waals surface area contributed by atoms with Crippen LogP contribution < -0.4 is 5.73 Å². The fourth-order valence-electron chi connectivity index (χ4n) is 2.62. The second kappa shape index (κ2) is 5.13. The van der Waals surface area contributed by atoms with E-state index in [9.17, 15) is 10.1 Å². The number of rotatable bonds is 4. The molecule has 1 fully saturated rings. The molecule has 0 radical (unpaired) electrons. The lowest BCUT2D eigenvalue weighted by molar-refractivity contribution is -0.138. The standard InChI is InChI=1S/C17H18N4O2/c1-10(16(22)23)11-3-5-12(6-4-11)14-13(9-18)15(19)21(20-14)17(2)7-8-17/h3-6,10H,7-8,19H2,1-2H3,(H,22,23). The van der Waals surface area contributed by atoms with Crippen molar-refractivity contribution in [2.24, 2.45) is 0 Å². The van der Waals surface area contributed by atoms with Crippen LogP contribution in [0.5, 0.6) is 0 Å². The van der Waals surface area contributed by atoms with E-state index in [1.807, 2.05) is 0 Å². The number of carbonyl (C=O) groups is 1. The Morgan fingerprint density at radius 3 is 2.52 bits per heavy atom. The van der Waals surface area contributed by atoms with Crippen LogP contribution in [-0.2, 0) is 10.3 Å². The summed E-state index contributed by atoms with van der Waals surface area (Å²) in [7, 11) is 0. The number of nitrogens with two attached hydrogens (primary N) is 1. The number of hydrogen-bond donors (Lipinski definition) is 2. The van der Waals surface area contributed by atoms with Gasteiger partial charge in [0.1, 0.15) is 23.1 Å². The zero-order valence-electron chi connectivity index (χ0n) is 13.1. The summed E-state index contributed by atoms with van der Waals surface area (Å²) in [4.78, 5) is 11.0. The minimum Gasteiger partial charge on any atom is -0.481 e. The van der Waals surface area contributed by atoms with Gasteiger partial charge in [-0.25, -0.2) is 4.68 Å². The van der Waals surface area contributed by atoms with Crippen molar-refractivity contribution >= 4 is 11.8 Å². The van der Waals surface area contributed by atoms with Gasteiger partial charge in [-0.3, -0.25) is 4.79 Å². The zero-order valence-corrected chi connectivity index (χ0v) is 13.1. The molecule has 118 valence electrons. The van der Waals surface area contributed by atoms with E-state index in [0.29, 0.717) is 22.6 Å². The van der Waals surface area contributed by atoms with E-state index in [4.69, 9.17) is 10.8 Å². The molecule has 0 aliphatic heterocycles. The molecule has 1 atom stereocenters. The molecular formula is C17H18N4O2. The van der Waals surface area contributed by atoms with Gasteiger partial charge >= 0.3 is 5.97 Å². The summed E-state index contributed by atoms with van der Waals surface area (Å²) in [6.07, 6.45) is 2.00. The third-order valence-corrected chi connectivity index (χ3v) is 4.57. The highest BCUT2D eigenvalue weighted by Gasteiger charge is 2.42. The van der Waals surface area contributed by atoms with Gasteiger partial charge in [0.25, 0.3) is 0 Å². The maximum Gasteiger partial charge on any atom is 0.310 e. The smallest absolute Gasteiger partial charge is 0.310 e. The fourth-order valence-corrected chi connectivity index (χ4v) is 2.62. The minimum absolute atomic E-state index is 0.0916. The summed E-state index contributed by atoms with van der Waals surface area (Å²) in [5, 5.41) is 23.0. The predicted molar refractivity (Wildman–Crippen MR) is 85.7 cm³/mol. The average molecular weight is 310 g/mol. The van der Waals surface area contributed by atoms with Crippen molar-refractivity contribution in [1.29, 1.82) is 5.26 Å². The first-order chi connectivity index (χ1) is 10.9. The second-order valence-electron chi connectivity index (χ2n) is 6.31. The van der Waals surface area contributed by atoms with Gasteiger partial charge < -0.3 is 10.8 Å². The summed E-state index contributed by atoms with van der Waals surface area (Å²) >= 11 is 0. The molecule has 3 N–H and O–H groups in total. The lowest BCUT2D eigenvalue weighted by Gasteiger charge is -2.10. The number of nitriles is 1. The largest absolute Gasteiger partial charge is 0.481 e. The molecule has 1 heterocycles. The molecule has 0 amide bonds. The summed E-state index contributed by atoms with van der Waals surface area (Å²) in [5.41, 5.74) is 8.40. The first-order valence-electron chi connectivity index (χ1n) is 7.49. The Morgan fingerprint density at radius 2 is 2.04 bits per heavy atom. The van der Waals surface area contributed by atoms with Crippen LogP contribution in [-0.4, -0.2) is 20.9 Å². The maximum absolute atomic E-state index is 11.0. The van der Waals surface area contributed by atoms with Gasteiger partial charge in [-0.2, -0.15) is 10.4 Å². The number of nitrogens with zero attached hydrogens (tertiary/aromatic N) is 3. The van der Waals surface area contributed by atoms with Gasteiger partial charge in [0.05, 0.1) is 11.5 Å². The van der Waals surface area contributed by atoms with E-state index in [2.05, 4.69) is 18.1 Å². The van der Waals surface area contributed by atoms with Gasteiger partial charge in [-0.05, 0) is 32.3 Å². The SMILES string of the molecule is CC(C(=O)O)c1ccc(-c2nn(C3(C)CC3)c(N)c2C#N)cc1. The van der Waals surface area contributed by atoms with E-state index < -0.39 is 11.9 Å². The second-order valence-corrected chi connectivity index (χ2v) is 6.31. The Morgan fingerprint density at radius 1 is 1.43 bits per heavy atom. The monoisotopic (exact) mass is 310 g/mol. The molecule has 1 aromatic heterocycles. The van der Waals surface area contributed by atoms with E-state index in [1.165, 1.54) is 0 Å². The summed E-state index contributed by atoms with van der Waals surface area (Å²) in [5.74, 6) is -1.05. The van der Waals surface area contributed by atoms with Gasteiger partial charge in [-0.1, -0.05) is 24.3 Å². The topological polar surface area (TPSA) is 105 Å². The van der Waals surface area contributed by atoms with Crippen molar-refractivity contribution < 1.29 is 9.90 Å². The summed E-state index contributed by atoms with van der Waals surface area (Å²) in [6.45, 7) is 3.71. The number of aromatic nitrogens is 2. The maximum atomic E-state index is 11.0. The molecular weight excluding hydrogens is 292 g/mol. The number of nitrogen functional groups attached to an aromatic ring is 1. The third-order valence-electron chi connectivity index (χ3n) is 4.57. The predicted octanol–water partition coefficient (Wildman–Crippen LogP) is 2.70. The molecule has 6 heteroatoms. The average Bonchev–Trinajstić information content (AvgIpc) is 3.19. The van der Waals surface area contributed by atoms with Gasteiger partial charge in [0.15, 0.2) is 0 Å². The molecule has 1 unspecified atom stereocenters. The van der Waals surface area contributed by atoms with Crippen molar-refractivity contribution in [1.82, 2.24) is 9.78 Å². The van der Waals surface area contributed by atoms with E-state index in [0.717, 1.165) is 18.4 Å². The molecule has 6 nitrogen and oxygen atoms in total. The summed E-state index contributed by atoms with van der Waals surface area (Å²) < 4.78 is 1.74. The third kappa shape index (κ3) is 2.44. The lowest BCUT2D eigenvalue weighted by Crippen LogP contribution is -2.16. The van der Waals surface area contributed by atoms with Crippen molar-refractivity contribution in [3.63, 3.8) is 0 Å². The number of carboxylic acids is 1. The molecule has 23 heavy (non-hydrogen) atoms. The van der Waals surface area contributed by atoms with Crippen molar-refractivity contribution in [3.05, 3.63) is 35.4 Å². The number of anilines is 1. The molecule has 3 rings (SSSR count). The first kappa shape index (κ1) is 15.1. The highest BCUT2D eigenvalue weighted by molar-refractivity contribution is 5.77. The lowest BCUT2D eigenvalue weighted by atomic mass is 9.98. The van der Waals surface area contributed by atoms with Crippen molar-refractivity contribution in [2.75, 3.05) is 5.73 Å². The molecule has 0 spiro atoms. The van der Waals surface area contributed by atoms with E-state index in [-0.39, 0.29) is 5.54 Å². The van der Waals surface area contributed by atoms with Crippen LogP contribution in [0.3, 0.4) is 0 Å². The molecule has 2 aromatic rings. The van der Waals surface area contributed by atoms with Gasteiger partial charge in [-0.15, -0.1) is 0 Å². The highest BCUT2D eigenvalue weighted by Crippen LogP contribution is 2.45. The number of benzene rings is 1. The summed E-state index contributed by atoms with van der Waals surface area (Å²) in [6, 6.07) is 9.22. The number of hydrogen-bond acceptors (Lipinski definition) is 4. The normalized spacial score (nSPS) is 16.6. The van der Waals surface area contributed by atoms with Crippen molar-refractivity contribution in [3.8, 4) is 17.3 Å². The molecule has 1 aliphatic rings. The van der Waals surface area contributed by atoms with Crippen LogP contribution in [0, 0.1) is 11.3 Å². The molecule has 0 saturated heterocycles. The van der Waals surface area contributed by atoms with E-state index >= 15 is 0 Å². The van der Waals surface area contributed by atoms with Crippen LogP contribution >= 0.6 is 0 Å². The number of carboxylic acid groups (broad SMARTS) is 1. The Balaban J connectivity index is 2.02. The molecule has 0 bridgehead atoms. The molecule has 1 aromatic carbocycles. The van der Waals surface area contributed by atoms with Gasteiger partial charge in [0.2, 0.25) is 0 Å². The minimum atomic E-state index is -0.870. The van der Waals surface area contributed by atoms with Crippen LogP contribution in [0.4, 0.5) is 5.82 Å². The van der Waals surface area contributed by atoms with E-state index in [1.54, 1.807) is 35.9 Å². The Hall–Kier alpha value is -2.81. The van der Waals surface area contributed by atoms with Gasteiger partial charge in [0, 0.05) is 5.56 Å². The van der Waals surface area contributed by atoms with Crippen LogP contribution in [0.1, 0.15) is 43.7 Å². The first-order valence-corrected chi connectivity index (χ1v) is 7.49. The quantitative estimate of drug-likeness (QED) is 0.903. The Labute approximate surface area is 134 Å². The molecule has 1 saturated carbocycles. The Bertz CT molecular complexity index is 810. The van der Waals surface area contributed by atoms with Crippen LogP contribution in [0.2, 0.25) is 0 Å². The van der Waals surface area contributed by atoms with Crippen molar-refractivity contribution in [2.45, 2.75) is 38.1 Å². The highest BCUT2D eigenvalue weighted by atomic mass is 16.4.